The van der Waals surface area contributed by atoms with Crippen molar-refractivity contribution >= 4 is 23.6 Å². The van der Waals surface area contributed by atoms with Gasteiger partial charge in [-0.05, 0) is 26.3 Å². The zero-order valence-corrected chi connectivity index (χ0v) is 11.5. The first-order valence-electron chi connectivity index (χ1n) is 6.47. The zero-order chi connectivity index (χ0) is 14.8. The van der Waals surface area contributed by atoms with Gasteiger partial charge in [-0.15, -0.1) is 0 Å². The minimum atomic E-state index is -1.02. The van der Waals surface area contributed by atoms with Gasteiger partial charge in [0.05, 0.1) is 5.41 Å². The Labute approximate surface area is 115 Å². The lowest BCUT2D eigenvalue weighted by Crippen LogP contribution is -2.35. The quantitative estimate of drug-likeness (QED) is 0.631. The molecule has 1 atom stereocenters. The molecule has 4 amide bonds. The van der Waals surface area contributed by atoms with Crippen molar-refractivity contribution in [1.29, 1.82) is 0 Å². The van der Waals surface area contributed by atoms with Crippen molar-refractivity contribution in [1.82, 2.24) is 9.80 Å². The molecule has 1 unspecified atom stereocenters. The van der Waals surface area contributed by atoms with Gasteiger partial charge in [0.1, 0.15) is 0 Å². The van der Waals surface area contributed by atoms with Crippen molar-refractivity contribution in [3.05, 3.63) is 22.8 Å². The maximum atomic E-state index is 12.4. The molecule has 3 aliphatic rings. The average Bonchev–Trinajstić information content (AvgIpc) is 2.74. The molecule has 6 nitrogen and oxygen atoms in total. The van der Waals surface area contributed by atoms with E-state index in [2.05, 4.69) is 0 Å². The number of carbonyl (C=O) groups excluding carboxylic acids is 4. The molecule has 0 N–H and O–H groups in total. The predicted molar refractivity (Wildman–Crippen MR) is 68.0 cm³/mol. The Morgan fingerprint density at radius 3 is 2.40 bits per heavy atom. The summed E-state index contributed by atoms with van der Waals surface area (Å²) in [5.41, 5.74) is -0.112. The van der Waals surface area contributed by atoms with Gasteiger partial charge in [0.2, 0.25) is 5.91 Å². The molecule has 104 valence electrons. The zero-order valence-electron chi connectivity index (χ0n) is 11.5. The first-order chi connectivity index (χ1) is 9.32. The van der Waals surface area contributed by atoms with Gasteiger partial charge < -0.3 is 0 Å². The van der Waals surface area contributed by atoms with E-state index in [-0.39, 0.29) is 36.3 Å². The van der Waals surface area contributed by atoms with Crippen molar-refractivity contribution in [3.8, 4) is 0 Å². The lowest BCUT2D eigenvalue weighted by Gasteiger charge is -2.25. The van der Waals surface area contributed by atoms with Crippen molar-refractivity contribution in [2.75, 3.05) is 13.6 Å². The van der Waals surface area contributed by atoms with Crippen LogP contribution in [0.3, 0.4) is 0 Å². The highest BCUT2D eigenvalue weighted by atomic mass is 16.2. The van der Waals surface area contributed by atoms with Crippen LogP contribution in [0.1, 0.15) is 20.3 Å². The van der Waals surface area contributed by atoms with E-state index in [1.807, 2.05) is 0 Å². The summed E-state index contributed by atoms with van der Waals surface area (Å²) in [6, 6.07) is 0. The first kappa shape index (κ1) is 12.8. The average molecular weight is 274 g/mol. The van der Waals surface area contributed by atoms with Gasteiger partial charge in [-0.2, -0.15) is 0 Å². The summed E-state index contributed by atoms with van der Waals surface area (Å²) in [6.07, 6.45) is 1.54. The van der Waals surface area contributed by atoms with Crippen LogP contribution in [0.15, 0.2) is 22.8 Å². The highest BCUT2D eigenvalue weighted by molar-refractivity contribution is 6.25. The fraction of sp³-hybridized carbons (Fsp3) is 0.429. The minimum Gasteiger partial charge on any atom is -0.278 e. The number of hydrogen-bond donors (Lipinski definition) is 0. The second-order valence-corrected chi connectivity index (χ2v) is 5.48. The molecule has 0 spiro atoms. The van der Waals surface area contributed by atoms with Crippen LogP contribution in [-0.2, 0) is 19.2 Å². The summed E-state index contributed by atoms with van der Waals surface area (Å²) < 4.78 is 0. The van der Waals surface area contributed by atoms with Crippen LogP contribution >= 0.6 is 0 Å². The fourth-order valence-corrected chi connectivity index (χ4v) is 3.10. The number of hydrogen-bond acceptors (Lipinski definition) is 4. The minimum absolute atomic E-state index is 0.115. The smallest absolute Gasteiger partial charge is 0.260 e. The molecule has 0 radical (unpaired) electrons. The maximum absolute atomic E-state index is 12.4. The second-order valence-electron chi connectivity index (χ2n) is 5.48. The molecule has 0 aromatic rings. The Kier molecular flexibility index (Phi) is 2.33. The van der Waals surface area contributed by atoms with E-state index in [0.717, 1.165) is 4.90 Å². The van der Waals surface area contributed by atoms with Crippen LogP contribution < -0.4 is 0 Å². The standard InChI is InChI=1S/C14H14N2O4/c1-4-16-12(19)9-5-7-8(6-14(9,2)13(16)20)11(18)15(3)10(7)17/h5H,4,6H2,1-3H3. The van der Waals surface area contributed by atoms with E-state index in [1.165, 1.54) is 18.0 Å². The van der Waals surface area contributed by atoms with Crippen molar-refractivity contribution in [2.45, 2.75) is 20.3 Å². The second kappa shape index (κ2) is 3.65. The van der Waals surface area contributed by atoms with Crippen molar-refractivity contribution in [3.63, 3.8) is 0 Å². The molecule has 2 aliphatic heterocycles. The molecule has 6 heteroatoms. The molecule has 0 aromatic carbocycles. The lowest BCUT2D eigenvalue weighted by molar-refractivity contribution is -0.140. The summed E-state index contributed by atoms with van der Waals surface area (Å²) in [5, 5.41) is 0. The van der Waals surface area contributed by atoms with E-state index in [4.69, 9.17) is 0 Å². The summed E-state index contributed by atoms with van der Waals surface area (Å²) in [4.78, 5) is 50.8. The third kappa shape index (κ3) is 1.23. The van der Waals surface area contributed by atoms with Crippen LogP contribution in [0.25, 0.3) is 0 Å². The van der Waals surface area contributed by atoms with E-state index < -0.39 is 11.3 Å². The number of carbonyl (C=O) groups is 4. The van der Waals surface area contributed by atoms with Crippen LogP contribution in [0.4, 0.5) is 0 Å². The third-order valence-electron chi connectivity index (χ3n) is 4.35. The summed E-state index contributed by atoms with van der Waals surface area (Å²) in [6.45, 7) is 3.67. The Hall–Kier alpha value is -2.24. The molecule has 3 rings (SSSR count). The molecule has 0 saturated carbocycles. The van der Waals surface area contributed by atoms with E-state index in [9.17, 15) is 19.2 Å². The highest BCUT2D eigenvalue weighted by Gasteiger charge is 2.56. The van der Waals surface area contributed by atoms with Gasteiger partial charge in [-0.3, -0.25) is 29.0 Å². The molecular weight excluding hydrogens is 260 g/mol. The summed E-state index contributed by atoms with van der Waals surface area (Å²) in [7, 11) is 1.40. The fourth-order valence-electron chi connectivity index (χ4n) is 3.10. The molecule has 0 aromatic heterocycles. The third-order valence-corrected chi connectivity index (χ3v) is 4.35. The van der Waals surface area contributed by atoms with Gasteiger partial charge >= 0.3 is 0 Å². The molecule has 1 aliphatic carbocycles. The number of rotatable bonds is 1. The van der Waals surface area contributed by atoms with Crippen LogP contribution in [-0.4, -0.2) is 47.0 Å². The van der Waals surface area contributed by atoms with Crippen LogP contribution in [0.5, 0.6) is 0 Å². The van der Waals surface area contributed by atoms with Gasteiger partial charge in [-0.1, -0.05) is 0 Å². The van der Waals surface area contributed by atoms with Gasteiger partial charge in [0, 0.05) is 30.3 Å². The van der Waals surface area contributed by atoms with E-state index in [0.29, 0.717) is 11.1 Å². The van der Waals surface area contributed by atoms with Crippen molar-refractivity contribution in [2.24, 2.45) is 5.41 Å². The number of fused-ring (bicyclic) bond motifs is 1. The van der Waals surface area contributed by atoms with Crippen LogP contribution in [0.2, 0.25) is 0 Å². The molecule has 2 heterocycles. The molecule has 20 heavy (non-hydrogen) atoms. The molecule has 1 saturated heterocycles. The lowest BCUT2D eigenvalue weighted by atomic mass is 9.73. The monoisotopic (exact) mass is 274 g/mol. The molecular formula is C14H14N2O4. The highest BCUT2D eigenvalue weighted by Crippen LogP contribution is 2.48. The summed E-state index contributed by atoms with van der Waals surface area (Å²) in [5.74, 6) is -1.44. The van der Waals surface area contributed by atoms with E-state index in [1.54, 1.807) is 13.8 Å². The van der Waals surface area contributed by atoms with Gasteiger partial charge in [0.25, 0.3) is 17.7 Å². The predicted octanol–water partition coefficient (Wildman–Crippen LogP) is 0.00670. The van der Waals surface area contributed by atoms with Gasteiger partial charge in [-0.25, -0.2) is 0 Å². The Morgan fingerprint density at radius 2 is 1.80 bits per heavy atom. The number of amides is 4. The van der Waals surface area contributed by atoms with Crippen LogP contribution in [0, 0.1) is 5.41 Å². The largest absolute Gasteiger partial charge is 0.278 e. The molecule has 1 fully saturated rings. The van der Waals surface area contributed by atoms with Gasteiger partial charge in [0.15, 0.2) is 0 Å². The topological polar surface area (TPSA) is 74.8 Å². The number of likely N-dealkylation sites (N-methyl/N-ethyl adjacent to an activating group) is 2. The SMILES string of the molecule is CCN1C(=O)C2=CC3=C(CC2(C)C1=O)C(=O)N(C)C3=O. The normalized spacial score (nSPS) is 29.2. The van der Waals surface area contributed by atoms with Crippen molar-refractivity contribution < 1.29 is 19.2 Å². The number of likely N-dealkylation sites (tertiary alicyclic amines) is 1. The summed E-state index contributed by atoms with van der Waals surface area (Å²) >= 11 is 0. The number of imide groups is 2. The molecule has 0 bridgehead atoms. The Balaban J connectivity index is 2.16. The Bertz CT molecular complexity index is 658. The van der Waals surface area contributed by atoms with E-state index >= 15 is 0 Å². The first-order valence-corrected chi connectivity index (χ1v) is 6.47. The number of nitrogens with zero attached hydrogens (tertiary/aromatic N) is 2. The Morgan fingerprint density at radius 1 is 1.15 bits per heavy atom. The maximum Gasteiger partial charge on any atom is 0.260 e.